The monoisotopic (exact) mass is 518 g/mol. The van der Waals surface area contributed by atoms with Crippen LogP contribution in [0.3, 0.4) is 0 Å². The van der Waals surface area contributed by atoms with Gasteiger partial charge in [0.25, 0.3) is 11.7 Å². The van der Waals surface area contributed by atoms with E-state index in [9.17, 15) is 19.1 Å². The maximum absolute atomic E-state index is 13.4. The van der Waals surface area contributed by atoms with Gasteiger partial charge in [0.05, 0.1) is 11.6 Å². The second-order valence-electron chi connectivity index (χ2n) is 8.16. The lowest BCUT2D eigenvalue weighted by molar-refractivity contribution is -0.139. The van der Waals surface area contributed by atoms with E-state index in [2.05, 4.69) is 20.9 Å². The lowest BCUT2D eigenvalue weighted by Gasteiger charge is -2.25. The molecule has 170 valence electrons. The molecule has 0 spiro atoms. The molecule has 2 heterocycles. The number of Topliss-reactive ketones (excluding diaryl/α,β-unsaturated/α-hetero) is 1. The van der Waals surface area contributed by atoms with E-state index >= 15 is 0 Å². The number of nitrogens with zero attached hydrogens (tertiary/aromatic N) is 1. The van der Waals surface area contributed by atoms with Gasteiger partial charge in [-0.2, -0.15) is 0 Å². The molecular weight excluding hydrogens is 499 g/mol. The van der Waals surface area contributed by atoms with Crippen LogP contribution >= 0.6 is 15.9 Å². The van der Waals surface area contributed by atoms with E-state index in [-0.39, 0.29) is 23.4 Å². The third kappa shape index (κ3) is 3.92. The van der Waals surface area contributed by atoms with Gasteiger partial charge in [0.15, 0.2) is 0 Å². The number of para-hydroxylation sites is 1. The van der Waals surface area contributed by atoms with Crippen LogP contribution in [-0.4, -0.2) is 33.2 Å². The molecule has 0 bridgehead atoms. The van der Waals surface area contributed by atoms with Gasteiger partial charge in [-0.1, -0.05) is 46.3 Å². The molecule has 1 aromatic heterocycles. The van der Waals surface area contributed by atoms with E-state index in [0.717, 1.165) is 20.9 Å². The molecule has 1 amide bonds. The van der Waals surface area contributed by atoms with Crippen LogP contribution in [-0.2, 0) is 16.0 Å². The Bertz CT molecular complexity index is 1440. The normalized spacial score (nSPS) is 17.6. The standard InChI is InChI=1S/C27H20BrFN2O3/c28-19-5-3-4-17(14-19)24-23(25(32)16-8-10-20(29)11-9-16)26(33)27(34)31(24)13-12-18-15-30-22-7-2-1-6-21(18)22/h1-11,14-15,24,30,32H,12-13H2/t24-/m1/s1. The van der Waals surface area contributed by atoms with E-state index in [1.54, 1.807) is 0 Å². The van der Waals surface area contributed by atoms with Crippen molar-refractivity contribution in [3.8, 4) is 0 Å². The minimum Gasteiger partial charge on any atom is -0.507 e. The highest BCUT2D eigenvalue weighted by Crippen LogP contribution is 2.40. The lowest BCUT2D eigenvalue weighted by atomic mass is 9.95. The van der Waals surface area contributed by atoms with Crippen LogP contribution in [0.2, 0.25) is 0 Å². The van der Waals surface area contributed by atoms with Crippen molar-refractivity contribution in [3.63, 3.8) is 0 Å². The first kappa shape index (κ1) is 22.1. The Morgan fingerprint density at radius 3 is 2.56 bits per heavy atom. The van der Waals surface area contributed by atoms with E-state index in [1.807, 2.05) is 54.7 Å². The Morgan fingerprint density at radius 2 is 1.79 bits per heavy atom. The molecule has 7 heteroatoms. The molecule has 4 aromatic rings. The summed E-state index contributed by atoms with van der Waals surface area (Å²) < 4.78 is 14.2. The number of aliphatic hydroxyl groups is 1. The van der Waals surface area contributed by atoms with Crippen molar-refractivity contribution in [3.05, 3.63) is 112 Å². The van der Waals surface area contributed by atoms with Gasteiger partial charge in [-0.25, -0.2) is 4.39 Å². The second-order valence-corrected chi connectivity index (χ2v) is 9.08. The van der Waals surface area contributed by atoms with Crippen LogP contribution in [0.1, 0.15) is 22.7 Å². The summed E-state index contributed by atoms with van der Waals surface area (Å²) in [5, 5.41) is 12.1. The number of carbonyl (C=O) groups is 2. The molecule has 5 rings (SSSR count). The Morgan fingerprint density at radius 1 is 1.03 bits per heavy atom. The number of halogens is 2. The number of fused-ring (bicyclic) bond motifs is 1. The zero-order valence-corrected chi connectivity index (χ0v) is 19.5. The summed E-state index contributed by atoms with van der Waals surface area (Å²) >= 11 is 3.45. The van der Waals surface area contributed by atoms with E-state index in [0.29, 0.717) is 12.0 Å². The molecule has 1 aliphatic heterocycles. The molecule has 5 nitrogen and oxygen atoms in total. The zero-order valence-electron chi connectivity index (χ0n) is 18.0. The van der Waals surface area contributed by atoms with Crippen molar-refractivity contribution in [2.45, 2.75) is 12.5 Å². The van der Waals surface area contributed by atoms with E-state index in [4.69, 9.17) is 0 Å². The first-order valence-electron chi connectivity index (χ1n) is 10.8. The summed E-state index contributed by atoms with van der Waals surface area (Å²) in [6.45, 7) is 0.282. The number of aromatic amines is 1. The van der Waals surface area contributed by atoms with Crippen LogP contribution in [0.25, 0.3) is 16.7 Å². The third-order valence-corrected chi connectivity index (χ3v) is 6.61. The van der Waals surface area contributed by atoms with Gasteiger partial charge in [0.2, 0.25) is 0 Å². The number of benzene rings is 3. The molecule has 1 atom stereocenters. The fraction of sp³-hybridized carbons (Fsp3) is 0.111. The number of aliphatic hydroxyl groups excluding tert-OH is 1. The van der Waals surface area contributed by atoms with Crippen LogP contribution < -0.4 is 0 Å². The molecule has 0 saturated carbocycles. The minimum atomic E-state index is -0.771. The Kier molecular flexibility index (Phi) is 5.79. The molecule has 1 aliphatic rings. The van der Waals surface area contributed by atoms with Crippen LogP contribution in [0.4, 0.5) is 4.39 Å². The molecule has 2 N–H and O–H groups in total. The number of aromatic nitrogens is 1. The number of amides is 1. The number of hydrogen-bond acceptors (Lipinski definition) is 3. The van der Waals surface area contributed by atoms with Crippen LogP contribution in [0.15, 0.2) is 89.0 Å². The molecular formula is C27H20BrFN2O3. The predicted octanol–water partition coefficient (Wildman–Crippen LogP) is 5.73. The van der Waals surface area contributed by atoms with Crippen molar-refractivity contribution in [2.75, 3.05) is 6.54 Å². The van der Waals surface area contributed by atoms with Crippen molar-refractivity contribution in [1.82, 2.24) is 9.88 Å². The first-order chi connectivity index (χ1) is 16.4. The number of nitrogens with one attached hydrogen (secondary N) is 1. The zero-order chi connectivity index (χ0) is 23.8. The summed E-state index contributed by atoms with van der Waals surface area (Å²) in [5.41, 5.74) is 2.99. The molecule has 1 fully saturated rings. The Labute approximate surface area is 203 Å². The largest absolute Gasteiger partial charge is 0.507 e. The quantitative estimate of drug-likeness (QED) is 0.201. The van der Waals surface area contributed by atoms with Gasteiger partial charge in [-0.05, 0) is 60.0 Å². The van der Waals surface area contributed by atoms with Crippen molar-refractivity contribution >= 4 is 44.3 Å². The lowest BCUT2D eigenvalue weighted by Crippen LogP contribution is -2.31. The average molecular weight is 519 g/mol. The molecule has 3 aromatic carbocycles. The average Bonchev–Trinajstić information content (AvgIpc) is 3.36. The van der Waals surface area contributed by atoms with Crippen molar-refractivity contribution in [2.24, 2.45) is 0 Å². The molecule has 1 saturated heterocycles. The van der Waals surface area contributed by atoms with Crippen molar-refractivity contribution < 1.29 is 19.1 Å². The highest BCUT2D eigenvalue weighted by Gasteiger charge is 2.45. The van der Waals surface area contributed by atoms with E-state index < -0.39 is 23.5 Å². The predicted molar refractivity (Wildman–Crippen MR) is 132 cm³/mol. The van der Waals surface area contributed by atoms with Crippen LogP contribution in [0, 0.1) is 5.82 Å². The van der Waals surface area contributed by atoms with Crippen LogP contribution in [0.5, 0.6) is 0 Å². The summed E-state index contributed by atoms with van der Waals surface area (Å²) in [5.74, 6) is -2.21. The summed E-state index contributed by atoms with van der Waals surface area (Å²) in [4.78, 5) is 31.0. The fourth-order valence-corrected chi connectivity index (χ4v) is 4.89. The number of H-pyrrole nitrogens is 1. The molecule has 0 aliphatic carbocycles. The first-order valence-corrected chi connectivity index (χ1v) is 11.6. The highest BCUT2D eigenvalue weighted by molar-refractivity contribution is 9.10. The molecule has 0 radical (unpaired) electrons. The van der Waals surface area contributed by atoms with Gasteiger partial charge in [0, 0.05) is 33.7 Å². The Hall–Kier alpha value is -3.71. The highest BCUT2D eigenvalue weighted by atomic mass is 79.9. The number of ketones is 1. The third-order valence-electron chi connectivity index (χ3n) is 6.12. The van der Waals surface area contributed by atoms with Gasteiger partial charge in [0.1, 0.15) is 11.6 Å². The van der Waals surface area contributed by atoms with Gasteiger partial charge in [-0.3, -0.25) is 9.59 Å². The fourth-order valence-electron chi connectivity index (χ4n) is 4.48. The number of likely N-dealkylation sites (tertiary alicyclic amines) is 1. The Balaban J connectivity index is 1.57. The molecule has 0 unspecified atom stereocenters. The topological polar surface area (TPSA) is 73.4 Å². The summed E-state index contributed by atoms with van der Waals surface area (Å²) in [6, 6.07) is 19.6. The second kappa shape index (κ2) is 8.91. The van der Waals surface area contributed by atoms with Gasteiger partial charge < -0.3 is 15.0 Å². The summed E-state index contributed by atoms with van der Waals surface area (Å²) in [6.07, 6.45) is 2.44. The number of carbonyl (C=O) groups excluding carboxylic acids is 2. The number of hydrogen-bond donors (Lipinski definition) is 2. The smallest absolute Gasteiger partial charge is 0.295 e. The van der Waals surface area contributed by atoms with E-state index in [1.165, 1.54) is 29.2 Å². The maximum atomic E-state index is 13.4. The van der Waals surface area contributed by atoms with Crippen molar-refractivity contribution in [1.29, 1.82) is 0 Å². The minimum absolute atomic E-state index is 0.00589. The maximum Gasteiger partial charge on any atom is 0.295 e. The molecule has 34 heavy (non-hydrogen) atoms. The SMILES string of the molecule is O=C1C(=O)N(CCc2c[nH]c3ccccc23)[C@H](c2cccc(Br)c2)C1=C(O)c1ccc(F)cc1. The number of rotatable bonds is 5. The van der Waals surface area contributed by atoms with Gasteiger partial charge in [-0.15, -0.1) is 0 Å². The van der Waals surface area contributed by atoms with Gasteiger partial charge >= 0.3 is 0 Å². The summed E-state index contributed by atoms with van der Waals surface area (Å²) in [7, 11) is 0.